The molecule has 5 nitrogen and oxygen atoms in total. The maximum atomic E-state index is 10.7. The zero-order chi connectivity index (χ0) is 8.43. The minimum Gasteiger partial charge on any atom is -0.476 e. The van der Waals surface area contributed by atoms with E-state index in [1.807, 2.05) is 0 Å². The summed E-state index contributed by atoms with van der Waals surface area (Å²) >= 11 is 0. The molecule has 1 atom stereocenters. The summed E-state index contributed by atoms with van der Waals surface area (Å²) < 4.78 is 11.9. The van der Waals surface area contributed by atoms with Crippen molar-refractivity contribution < 1.29 is 14.1 Å². The lowest BCUT2D eigenvalue weighted by Crippen LogP contribution is -1.99. The van der Waals surface area contributed by atoms with E-state index in [2.05, 4.69) is 4.98 Å². The molecule has 1 heterocycles. The summed E-state index contributed by atoms with van der Waals surface area (Å²) in [6.07, 6.45) is 3.88. The second kappa shape index (κ2) is 2.83. The van der Waals surface area contributed by atoms with Gasteiger partial charge in [-0.2, -0.15) is 0 Å². The number of hydrogen-bond donors (Lipinski definition) is 1. The number of aromatic nitrogens is 2. The molecule has 0 radical (unpaired) electrons. The van der Waals surface area contributed by atoms with Gasteiger partial charge in [0.25, 0.3) is 0 Å². The van der Waals surface area contributed by atoms with Gasteiger partial charge in [0.2, 0.25) is 0 Å². The minimum atomic E-state index is -1.23. The molecule has 0 spiro atoms. The number of hydrogen-bond acceptors (Lipinski definition) is 3. The number of carboxylic acid groups (broad SMARTS) is 1. The lowest BCUT2D eigenvalue weighted by Gasteiger charge is -1.89. The first-order valence-corrected chi connectivity index (χ1v) is 4.24. The predicted molar refractivity (Wildman–Crippen MR) is 38.7 cm³/mol. The quantitative estimate of drug-likeness (QED) is 0.669. The monoisotopic (exact) mass is 174 g/mol. The Kier molecular flexibility index (Phi) is 2.04. The fourth-order valence-corrected chi connectivity index (χ4v) is 0.986. The standard InChI is InChI=1S/C5H6N2O3S/c1-11(10)7-2-4(5(8)9)6-3-7/h2-3H,1H3,(H,8,9). The summed E-state index contributed by atoms with van der Waals surface area (Å²) in [6.45, 7) is 0. The van der Waals surface area contributed by atoms with Crippen LogP contribution in [0.1, 0.15) is 10.5 Å². The predicted octanol–water partition coefficient (Wildman–Crippen LogP) is -0.277. The smallest absolute Gasteiger partial charge is 0.356 e. The molecular weight excluding hydrogens is 168 g/mol. The largest absolute Gasteiger partial charge is 0.476 e. The lowest BCUT2D eigenvalue weighted by molar-refractivity contribution is 0.0691. The van der Waals surface area contributed by atoms with Gasteiger partial charge in [0, 0.05) is 6.26 Å². The summed E-state index contributed by atoms with van der Waals surface area (Å²) in [7, 11) is -1.23. The minimum absolute atomic E-state index is 0.0970. The maximum absolute atomic E-state index is 10.7. The second-order valence-corrected chi connectivity index (χ2v) is 3.12. The molecule has 60 valence electrons. The molecule has 0 saturated heterocycles. The Morgan fingerprint density at radius 3 is 2.73 bits per heavy atom. The Labute approximate surface area is 65.3 Å². The zero-order valence-electron chi connectivity index (χ0n) is 5.72. The Morgan fingerprint density at radius 2 is 2.45 bits per heavy atom. The summed E-state index contributed by atoms with van der Waals surface area (Å²) in [4.78, 5) is 13.8. The second-order valence-electron chi connectivity index (χ2n) is 1.85. The van der Waals surface area contributed by atoms with Gasteiger partial charge in [-0.1, -0.05) is 0 Å². The molecule has 0 aliphatic heterocycles. The number of nitrogens with zero attached hydrogens (tertiary/aromatic N) is 2. The topological polar surface area (TPSA) is 72.2 Å². The van der Waals surface area contributed by atoms with Crippen molar-refractivity contribution in [3.63, 3.8) is 0 Å². The third-order valence-electron chi connectivity index (χ3n) is 1.08. The van der Waals surface area contributed by atoms with Crippen LogP contribution < -0.4 is 0 Å². The van der Waals surface area contributed by atoms with Crippen LogP contribution in [-0.4, -0.2) is 30.5 Å². The van der Waals surface area contributed by atoms with Gasteiger partial charge in [-0.3, -0.25) is 3.97 Å². The summed E-state index contributed by atoms with van der Waals surface area (Å²) in [5.74, 6) is -1.12. The molecule has 0 amide bonds. The highest BCUT2D eigenvalue weighted by Gasteiger charge is 2.06. The van der Waals surface area contributed by atoms with E-state index in [9.17, 15) is 9.00 Å². The SMILES string of the molecule is CS(=O)n1cnc(C(=O)O)c1. The van der Waals surface area contributed by atoms with E-state index >= 15 is 0 Å². The van der Waals surface area contributed by atoms with Crippen LogP contribution in [0.25, 0.3) is 0 Å². The van der Waals surface area contributed by atoms with Crippen molar-refractivity contribution in [2.75, 3.05) is 6.26 Å². The van der Waals surface area contributed by atoms with Crippen molar-refractivity contribution in [1.29, 1.82) is 0 Å². The number of rotatable bonds is 2. The Morgan fingerprint density at radius 1 is 1.82 bits per heavy atom. The third-order valence-corrected chi connectivity index (χ3v) is 1.87. The molecule has 0 fully saturated rings. The lowest BCUT2D eigenvalue weighted by atomic mass is 10.5. The van der Waals surface area contributed by atoms with E-state index in [-0.39, 0.29) is 5.69 Å². The number of carboxylic acids is 1. The van der Waals surface area contributed by atoms with Crippen LogP contribution in [0.5, 0.6) is 0 Å². The molecule has 1 N–H and O–H groups in total. The first kappa shape index (κ1) is 7.93. The maximum Gasteiger partial charge on any atom is 0.356 e. The van der Waals surface area contributed by atoms with E-state index < -0.39 is 17.0 Å². The van der Waals surface area contributed by atoms with Gasteiger partial charge in [-0.05, 0) is 0 Å². The Balaban J connectivity index is 2.99. The van der Waals surface area contributed by atoms with Crippen molar-refractivity contribution in [2.24, 2.45) is 0 Å². The van der Waals surface area contributed by atoms with Crippen molar-refractivity contribution >= 4 is 17.0 Å². The van der Waals surface area contributed by atoms with Crippen LogP contribution in [0, 0.1) is 0 Å². The molecule has 11 heavy (non-hydrogen) atoms. The van der Waals surface area contributed by atoms with Gasteiger partial charge in [0.1, 0.15) is 17.3 Å². The summed E-state index contributed by atoms with van der Waals surface area (Å²) in [6, 6.07) is 0. The average molecular weight is 174 g/mol. The molecule has 0 saturated carbocycles. The number of aromatic carboxylic acids is 1. The molecule has 1 rings (SSSR count). The van der Waals surface area contributed by atoms with E-state index in [0.717, 1.165) is 0 Å². The first-order valence-electron chi connectivity index (χ1n) is 2.72. The molecule has 0 aliphatic carbocycles. The first-order chi connectivity index (χ1) is 5.11. The number of imidazole rings is 1. The van der Waals surface area contributed by atoms with Crippen LogP contribution in [0.3, 0.4) is 0 Å². The van der Waals surface area contributed by atoms with E-state index in [1.54, 1.807) is 0 Å². The van der Waals surface area contributed by atoms with Crippen LogP contribution >= 0.6 is 0 Å². The van der Waals surface area contributed by atoms with Crippen molar-refractivity contribution in [2.45, 2.75) is 0 Å². The van der Waals surface area contributed by atoms with Crippen molar-refractivity contribution in [1.82, 2.24) is 8.96 Å². The number of carbonyl (C=O) groups is 1. The molecule has 0 aliphatic rings. The third kappa shape index (κ3) is 1.64. The van der Waals surface area contributed by atoms with Crippen LogP contribution in [0.4, 0.5) is 0 Å². The fourth-order valence-electron chi connectivity index (χ4n) is 0.557. The van der Waals surface area contributed by atoms with E-state index in [4.69, 9.17) is 5.11 Å². The zero-order valence-corrected chi connectivity index (χ0v) is 6.54. The van der Waals surface area contributed by atoms with Crippen molar-refractivity contribution in [3.05, 3.63) is 18.2 Å². The average Bonchev–Trinajstić information content (AvgIpc) is 2.33. The molecular formula is C5H6N2O3S. The van der Waals surface area contributed by atoms with Gasteiger partial charge in [-0.15, -0.1) is 0 Å². The normalized spacial score (nSPS) is 12.8. The molecule has 1 unspecified atom stereocenters. The van der Waals surface area contributed by atoms with Crippen LogP contribution in [0.2, 0.25) is 0 Å². The van der Waals surface area contributed by atoms with E-state index in [1.165, 1.54) is 22.8 Å². The molecule has 1 aromatic rings. The van der Waals surface area contributed by atoms with E-state index in [0.29, 0.717) is 0 Å². The molecule has 0 bridgehead atoms. The molecule has 1 aromatic heterocycles. The highest BCUT2D eigenvalue weighted by atomic mass is 32.2. The highest BCUT2D eigenvalue weighted by molar-refractivity contribution is 7.82. The Hall–Kier alpha value is -1.17. The van der Waals surface area contributed by atoms with Gasteiger partial charge < -0.3 is 5.11 Å². The molecule has 0 aromatic carbocycles. The summed E-state index contributed by atoms with van der Waals surface area (Å²) in [5.41, 5.74) is -0.0970. The van der Waals surface area contributed by atoms with Gasteiger partial charge in [0.05, 0.1) is 6.20 Å². The highest BCUT2D eigenvalue weighted by Crippen LogP contribution is 1.95. The van der Waals surface area contributed by atoms with Crippen LogP contribution in [0.15, 0.2) is 12.5 Å². The van der Waals surface area contributed by atoms with Crippen LogP contribution in [-0.2, 0) is 11.0 Å². The van der Waals surface area contributed by atoms with Gasteiger partial charge >= 0.3 is 5.97 Å². The van der Waals surface area contributed by atoms with Crippen molar-refractivity contribution in [3.8, 4) is 0 Å². The van der Waals surface area contributed by atoms with Gasteiger partial charge in [-0.25, -0.2) is 14.0 Å². The van der Waals surface area contributed by atoms with Gasteiger partial charge in [0.15, 0.2) is 5.69 Å². The Bertz CT molecular complexity index is 278. The molecule has 6 heteroatoms. The summed E-state index contributed by atoms with van der Waals surface area (Å²) in [5, 5.41) is 8.41. The fraction of sp³-hybridized carbons (Fsp3) is 0.200.